The second-order valence-corrected chi connectivity index (χ2v) is 5.80. The zero-order valence-corrected chi connectivity index (χ0v) is 12.5. The number of nitro benzene ring substituents is 1. The van der Waals surface area contributed by atoms with E-state index in [1.54, 1.807) is 0 Å². The molecule has 0 bridgehead atoms. The molecule has 7 nitrogen and oxygen atoms in total. The highest BCUT2D eigenvalue weighted by atomic mass is 16.6. The summed E-state index contributed by atoms with van der Waals surface area (Å²) in [5.41, 5.74) is 0.465. The van der Waals surface area contributed by atoms with E-state index >= 15 is 0 Å². The number of nitrogens with one attached hydrogen (secondary N) is 1. The Hall–Kier alpha value is -1.70. The third-order valence-electron chi connectivity index (χ3n) is 2.71. The summed E-state index contributed by atoms with van der Waals surface area (Å²) in [6.45, 7) is 5.89. The number of ether oxygens (including phenoxy) is 1. The average molecular weight is 298 g/mol. The maximum atomic E-state index is 10.8. The molecule has 1 rings (SSSR count). The number of hydrogen-bond acceptors (Lipinski definition) is 6. The van der Waals surface area contributed by atoms with Crippen LogP contribution in [0.4, 0.5) is 5.69 Å². The van der Waals surface area contributed by atoms with Crippen molar-refractivity contribution < 1.29 is 19.9 Å². The van der Waals surface area contributed by atoms with Gasteiger partial charge in [0.05, 0.1) is 11.5 Å². The smallest absolute Gasteiger partial charge is 0.270 e. The van der Waals surface area contributed by atoms with E-state index in [1.165, 1.54) is 18.2 Å². The van der Waals surface area contributed by atoms with Gasteiger partial charge in [-0.25, -0.2) is 0 Å². The molecule has 1 unspecified atom stereocenters. The van der Waals surface area contributed by atoms with Crippen molar-refractivity contribution in [1.29, 1.82) is 0 Å². The van der Waals surface area contributed by atoms with Crippen LogP contribution in [0, 0.1) is 10.1 Å². The van der Waals surface area contributed by atoms with Crippen LogP contribution in [0.2, 0.25) is 0 Å². The minimum absolute atomic E-state index is 0.0178. The van der Waals surface area contributed by atoms with Gasteiger partial charge in [-0.3, -0.25) is 10.1 Å². The summed E-state index contributed by atoms with van der Waals surface area (Å²) in [5, 5.41) is 32.2. The van der Waals surface area contributed by atoms with Crippen LogP contribution < -0.4 is 10.1 Å². The summed E-state index contributed by atoms with van der Waals surface area (Å²) in [7, 11) is 0. The lowest BCUT2D eigenvalue weighted by Crippen LogP contribution is -2.35. The molecule has 0 radical (unpaired) electrons. The molecule has 1 aromatic rings. The van der Waals surface area contributed by atoms with Crippen molar-refractivity contribution in [2.75, 3.05) is 13.2 Å². The van der Waals surface area contributed by atoms with E-state index < -0.39 is 17.6 Å². The van der Waals surface area contributed by atoms with Crippen LogP contribution in [0.3, 0.4) is 0 Å². The number of hydrogen-bond donors (Lipinski definition) is 3. The van der Waals surface area contributed by atoms with E-state index in [4.69, 9.17) is 9.84 Å². The summed E-state index contributed by atoms with van der Waals surface area (Å²) in [4.78, 5) is 10.4. The predicted molar refractivity (Wildman–Crippen MR) is 78.3 cm³/mol. The molecule has 0 aliphatic rings. The Labute approximate surface area is 123 Å². The third-order valence-corrected chi connectivity index (χ3v) is 2.71. The fourth-order valence-electron chi connectivity index (χ4n) is 1.56. The minimum atomic E-state index is -0.983. The summed E-state index contributed by atoms with van der Waals surface area (Å²) < 4.78 is 5.42. The lowest BCUT2D eigenvalue weighted by atomic mass is 10.1. The summed E-state index contributed by atoms with van der Waals surface area (Å²) in [5.74, 6) is 0.449. The molecule has 1 aromatic carbocycles. The van der Waals surface area contributed by atoms with Crippen molar-refractivity contribution in [3.05, 3.63) is 33.9 Å². The first-order valence-corrected chi connectivity index (χ1v) is 6.67. The topological polar surface area (TPSA) is 105 Å². The monoisotopic (exact) mass is 298 g/mol. The van der Waals surface area contributed by atoms with Gasteiger partial charge >= 0.3 is 0 Å². The van der Waals surface area contributed by atoms with Crippen LogP contribution in [0.15, 0.2) is 18.2 Å². The van der Waals surface area contributed by atoms with Crippen LogP contribution in [0.5, 0.6) is 5.75 Å². The molecule has 3 N–H and O–H groups in total. The third kappa shape index (κ3) is 6.07. The highest BCUT2D eigenvalue weighted by Crippen LogP contribution is 2.25. The van der Waals surface area contributed by atoms with Gasteiger partial charge < -0.3 is 20.3 Å². The minimum Gasteiger partial charge on any atom is -0.490 e. The molecule has 1 atom stereocenters. The second-order valence-electron chi connectivity index (χ2n) is 5.80. The molecular weight excluding hydrogens is 276 g/mol. The van der Waals surface area contributed by atoms with Gasteiger partial charge in [0, 0.05) is 29.8 Å². The summed E-state index contributed by atoms with van der Waals surface area (Å²) in [6.07, 6.45) is -0.983. The van der Waals surface area contributed by atoms with E-state index in [0.29, 0.717) is 17.9 Å². The van der Waals surface area contributed by atoms with Gasteiger partial charge in [-0.05, 0) is 26.8 Å². The number of nitrogens with zero attached hydrogens (tertiary/aromatic N) is 1. The van der Waals surface area contributed by atoms with Crippen LogP contribution in [0.25, 0.3) is 0 Å². The van der Waals surface area contributed by atoms with E-state index in [2.05, 4.69) is 5.32 Å². The predicted octanol–water partition coefficient (Wildman–Crippen LogP) is 1.21. The largest absolute Gasteiger partial charge is 0.490 e. The lowest BCUT2D eigenvalue weighted by molar-refractivity contribution is -0.384. The number of benzene rings is 1. The summed E-state index contributed by atoms with van der Waals surface area (Å²) >= 11 is 0. The molecule has 0 saturated carbocycles. The molecule has 0 aromatic heterocycles. The first kappa shape index (κ1) is 17.4. The molecule has 0 aliphatic carbocycles. The summed E-state index contributed by atoms with van der Waals surface area (Å²) in [6, 6.07) is 4.29. The number of non-ortho nitro benzene ring substituents is 1. The quantitative estimate of drug-likeness (QED) is 0.516. The second kappa shape index (κ2) is 7.35. The number of aliphatic hydroxyl groups excluding tert-OH is 2. The van der Waals surface area contributed by atoms with E-state index in [1.807, 2.05) is 20.8 Å². The zero-order chi connectivity index (χ0) is 16.0. The van der Waals surface area contributed by atoms with E-state index in [0.717, 1.165) is 0 Å². The highest BCUT2D eigenvalue weighted by molar-refractivity contribution is 5.43. The molecule has 0 amide bonds. The van der Waals surface area contributed by atoms with E-state index in [-0.39, 0.29) is 17.8 Å². The Balaban J connectivity index is 2.91. The number of aliphatic hydroxyl groups is 2. The first-order chi connectivity index (χ1) is 9.73. The number of rotatable bonds is 7. The van der Waals surface area contributed by atoms with Crippen LogP contribution in [0.1, 0.15) is 26.3 Å². The van der Waals surface area contributed by atoms with Crippen molar-refractivity contribution in [3.8, 4) is 5.75 Å². The maximum Gasteiger partial charge on any atom is 0.270 e. The van der Waals surface area contributed by atoms with Crippen LogP contribution >= 0.6 is 0 Å². The Morgan fingerprint density at radius 1 is 1.43 bits per heavy atom. The highest BCUT2D eigenvalue weighted by Gasteiger charge is 2.15. The lowest BCUT2D eigenvalue weighted by Gasteiger charge is -2.22. The molecule has 0 heterocycles. The molecule has 0 saturated heterocycles. The molecule has 0 spiro atoms. The molecule has 21 heavy (non-hydrogen) atoms. The van der Waals surface area contributed by atoms with Crippen molar-refractivity contribution in [2.45, 2.75) is 39.0 Å². The van der Waals surface area contributed by atoms with Gasteiger partial charge in [0.1, 0.15) is 18.5 Å². The van der Waals surface area contributed by atoms with Crippen molar-refractivity contribution in [1.82, 2.24) is 5.32 Å². The van der Waals surface area contributed by atoms with Gasteiger partial charge in [0.2, 0.25) is 0 Å². The Morgan fingerprint density at radius 2 is 2.10 bits per heavy atom. The Bertz CT molecular complexity index is 485. The Kier molecular flexibility index (Phi) is 6.07. The molecule has 0 aliphatic heterocycles. The molecule has 7 heteroatoms. The SMILES string of the molecule is CC(C)(C)NCc1cc([N+](=O)[O-])ccc1OCC(O)CO. The number of nitro groups is 1. The van der Waals surface area contributed by atoms with Crippen LogP contribution in [-0.4, -0.2) is 40.0 Å². The fourth-order valence-corrected chi connectivity index (χ4v) is 1.56. The molecule has 0 fully saturated rings. The molecular formula is C14H22N2O5. The van der Waals surface area contributed by atoms with Crippen molar-refractivity contribution >= 4 is 5.69 Å². The van der Waals surface area contributed by atoms with Gasteiger partial charge in [0.25, 0.3) is 5.69 Å². The van der Waals surface area contributed by atoms with Gasteiger partial charge in [-0.2, -0.15) is 0 Å². The fraction of sp³-hybridized carbons (Fsp3) is 0.571. The van der Waals surface area contributed by atoms with E-state index in [9.17, 15) is 15.2 Å². The first-order valence-electron chi connectivity index (χ1n) is 6.67. The van der Waals surface area contributed by atoms with Crippen LogP contribution in [-0.2, 0) is 6.54 Å². The van der Waals surface area contributed by atoms with Gasteiger partial charge in [-0.1, -0.05) is 0 Å². The average Bonchev–Trinajstić information content (AvgIpc) is 2.41. The standard InChI is InChI=1S/C14H22N2O5/c1-14(2,3)15-7-10-6-11(16(19)20)4-5-13(10)21-9-12(18)8-17/h4-6,12,15,17-18H,7-9H2,1-3H3. The Morgan fingerprint density at radius 3 is 2.62 bits per heavy atom. The normalized spacial score (nSPS) is 13.0. The van der Waals surface area contributed by atoms with Crippen molar-refractivity contribution in [2.24, 2.45) is 0 Å². The van der Waals surface area contributed by atoms with Gasteiger partial charge in [-0.15, -0.1) is 0 Å². The molecule has 118 valence electrons. The maximum absolute atomic E-state index is 10.8. The van der Waals surface area contributed by atoms with Gasteiger partial charge in [0.15, 0.2) is 0 Å². The van der Waals surface area contributed by atoms with Crippen molar-refractivity contribution in [3.63, 3.8) is 0 Å². The zero-order valence-electron chi connectivity index (χ0n) is 12.5.